The average Bonchev–Trinajstić information content (AvgIpc) is 2.37. The minimum Gasteiger partial charge on any atom is -0.339 e. The van der Waals surface area contributed by atoms with Crippen LogP contribution in [0.25, 0.3) is 0 Å². The summed E-state index contributed by atoms with van der Waals surface area (Å²) in [4.78, 5) is 18.3. The summed E-state index contributed by atoms with van der Waals surface area (Å²) in [7, 11) is 0. The number of hydrogen-bond donors (Lipinski definition) is 2. The Morgan fingerprint density at radius 3 is 2.84 bits per heavy atom. The molecule has 0 radical (unpaired) electrons. The standard InChI is InChI=1S/C13H19ClN4O/c1-2-18(8-9-4-3-5-9)13(19)10-6-11(14)12(17-15)16-7-10/h6-7,9H,2-5,8,15H2,1H3,(H,16,17). The molecule has 1 fully saturated rings. The number of pyridine rings is 1. The van der Waals surface area contributed by atoms with E-state index in [1.165, 1.54) is 25.5 Å². The van der Waals surface area contributed by atoms with E-state index in [0.29, 0.717) is 28.9 Å². The van der Waals surface area contributed by atoms with Gasteiger partial charge in [0.05, 0.1) is 10.6 Å². The quantitative estimate of drug-likeness (QED) is 0.642. The molecule has 19 heavy (non-hydrogen) atoms. The number of rotatable bonds is 5. The molecule has 0 saturated heterocycles. The van der Waals surface area contributed by atoms with Crippen LogP contribution in [0.1, 0.15) is 36.5 Å². The lowest BCUT2D eigenvalue weighted by molar-refractivity contribution is 0.0706. The van der Waals surface area contributed by atoms with Crippen molar-refractivity contribution in [3.8, 4) is 0 Å². The second kappa shape index (κ2) is 6.21. The molecule has 0 spiro atoms. The van der Waals surface area contributed by atoms with Crippen LogP contribution in [0, 0.1) is 5.92 Å². The first-order valence-electron chi connectivity index (χ1n) is 6.57. The van der Waals surface area contributed by atoms with Crippen LogP contribution >= 0.6 is 11.6 Å². The SMILES string of the molecule is CCN(CC1CCC1)C(=O)c1cnc(NN)c(Cl)c1. The molecule has 104 valence electrons. The number of nitrogen functional groups attached to an aromatic ring is 1. The number of amides is 1. The average molecular weight is 283 g/mol. The number of nitrogens with zero attached hydrogens (tertiary/aromatic N) is 2. The van der Waals surface area contributed by atoms with Gasteiger partial charge in [-0.25, -0.2) is 10.8 Å². The largest absolute Gasteiger partial charge is 0.339 e. The summed E-state index contributed by atoms with van der Waals surface area (Å²) in [5, 5.41) is 0.355. The van der Waals surface area contributed by atoms with E-state index < -0.39 is 0 Å². The molecule has 0 aliphatic heterocycles. The molecule has 3 N–H and O–H groups in total. The van der Waals surface area contributed by atoms with Crippen LogP contribution in [0.4, 0.5) is 5.82 Å². The normalized spacial score (nSPS) is 14.9. The van der Waals surface area contributed by atoms with Crippen LogP contribution in [0.3, 0.4) is 0 Å². The van der Waals surface area contributed by atoms with Gasteiger partial charge in [-0.05, 0) is 31.7 Å². The molecular formula is C13H19ClN4O. The molecule has 1 aromatic heterocycles. The molecule has 0 unspecified atom stereocenters. The lowest BCUT2D eigenvalue weighted by atomic mass is 9.85. The molecule has 1 aromatic rings. The highest BCUT2D eigenvalue weighted by molar-refractivity contribution is 6.33. The summed E-state index contributed by atoms with van der Waals surface area (Å²) >= 11 is 5.99. The van der Waals surface area contributed by atoms with Gasteiger partial charge in [0.15, 0.2) is 5.82 Å². The summed E-state index contributed by atoms with van der Waals surface area (Å²) in [6, 6.07) is 1.61. The van der Waals surface area contributed by atoms with Gasteiger partial charge >= 0.3 is 0 Å². The maximum atomic E-state index is 12.4. The van der Waals surface area contributed by atoms with Gasteiger partial charge < -0.3 is 10.3 Å². The third-order valence-corrected chi connectivity index (χ3v) is 3.89. The predicted octanol–water partition coefficient (Wildman–Crippen LogP) is 2.28. The Labute approximate surface area is 118 Å². The first kappa shape index (κ1) is 14.1. The van der Waals surface area contributed by atoms with Gasteiger partial charge in [-0.2, -0.15) is 0 Å². The predicted molar refractivity (Wildman–Crippen MR) is 76.0 cm³/mol. The summed E-state index contributed by atoms with van der Waals surface area (Å²) in [6.07, 6.45) is 5.23. The van der Waals surface area contributed by atoms with Gasteiger partial charge in [0.2, 0.25) is 0 Å². The third-order valence-electron chi connectivity index (χ3n) is 3.60. The lowest BCUT2D eigenvalue weighted by Gasteiger charge is -2.31. The fraction of sp³-hybridized carbons (Fsp3) is 0.538. The van der Waals surface area contributed by atoms with E-state index in [9.17, 15) is 4.79 Å². The molecule has 5 nitrogen and oxygen atoms in total. The van der Waals surface area contributed by atoms with E-state index in [-0.39, 0.29) is 5.91 Å². The van der Waals surface area contributed by atoms with E-state index in [4.69, 9.17) is 17.4 Å². The van der Waals surface area contributed by atoms with E-state index in [2.05, 4.69) is 10.4 Å². The Balaban J connectivity index is 2.09. The zero-order chi connectivity index (χ0) is 13.8. The van der Waals surface area contributed by atoms with Crippen molar-refractivity contribution in [1.29, 1.82) is 0 Å². The summed E-state index contributed by atoms with van der Waals surface area (Å²) in [5.74, 6) is 6.27. The van der Waals surface area contributed by atoms with Crippen molar-refractivity contribution in [3.05, 3.63) is 22.8 Å². The topological polar surface area (TPSA) is 71.2 Å². The van der Waals surface area contributed by atoms with E-state index in [1.54, 1.807) is 6.07 Å². The zero-order valence-electron chi connectivity index (χ0n) is 11.0. The van der Waals surface area contributed by atoms with E-state index >= 15 is 0 Å². The Hall–Kier alpha value is -1.33. The maximum Gasteiger partial charge on any atom is 0.255 e. The molecule has 0 aromatic carbocycles. The molecule has 1 aliphatic rings. The maximum absolute atomic E-state index is 12.4. The number of aromatic nitrogens is 1. The molecule has 1 aliphatic carbocycles. The van der Waals surface area contributed by atoms with E-state index in [0.717, 1.165) is 6.54 Å². The third kappa shape index (κ3) is 3.16. The van der Waals surface area contributed by atoms with E-state index in [1.807, 2.05) is 11.8 Å². The van der Waals surface area contributed by atoms with Gasteiger partial charge in [-0.15, -0.1) is 0 Å². The van der Waals surface area contributed by atoms with Gasteiger partial charge in [0.1, 0.15) is 0 Å². The first-order valence-corrected chi connectivity index (χ1v) is 6.95. The van der Waals surface area contributed by atoms with Gasteiger partial charge in [0.25, 0.3) is 5.91 Å². The smallest absolute Gasteiger partial charge is 0.255 e. The highest BCUT2D eigenvalue weighted by Gasteiger charge is 2.23. The minimum atomic E-state index is -0.0210. The van der Waals surface area contributed by atoms with Crippen molar-refractivity contribution in [2.24, 2.45) is 11.8 Å². The number of hydrazine groups is 1. The molecule has 0 bridgehead atoms. The summed E-state index contributed by atoms with van der Waals surface area (Å²) in [5.41, 5.74) is 2.89. The van der Waals surface area contributed by atoms with Crippen molar-refractivity contribution < 1.29 is 4.79 Å². The molecular weight excluding hydrogens is 264 g/mol. The number of halogens is 1. The summed E-state index contributed by atoms with van der Waals surface area (Å²) in [6.45, 7) is 3.51. The monoisotopic (exact) mass is 282 g/mol. The van der Waals surface area contributed by atoms with Crippen molar-refractivity contribution in [2.45, 2.75) is 26.2 Å². The van der Waals surface area contributed by atoms with Crippen LogP contribution in [-0.4, -0.2) is 28.9 Å². The molecule has 1 amide bonds. The Morgan fingerprint density at radius 2 is 2.37 bits per heavy atom. The van der Waals surface area contributed by atoms with Crippen LogP contribution in [-0.2, 0) is 0 Å². The van der Waals surface area contributed by atoms with Crippen LogP contribution < -0.4 is 11.3 Å². The molecule has 6 heteroatoms. The van der Waals surface area contributed by atoms with Crippen LogP contribution in [0.2, 0.25) is 5.02 Å². The van der Waals surface area contributed by atoms with Gasteiger partial charge in [-0.3, -0.25) is 4.79 Å². The number of nitrogens with one attached hydrogen (secondary N) is 1. The van der Waals surface area contributed by atoms with Gasteiger partial charge in [-0.1, -0.05) is 18.0 Å². The number of carbonyl (C=O) groups is 1. The van der Waals surface area contributed by atoms with Gasteiger partial charge in [0, 0.05) is 19.3 Å². The highest BCUT2D eigenvalue weighted by Crippen LogP contribution is 2.28. The second-order valence-electron chi connectivity index (χ2n) is 4.84. The van der Waals surface area contributed by atoms with Crippen LogP contribution in [0.5, 0.6) is 0 Å². The fourth-order valence-corrected chi connectivity index (χ4v) is 2.41. The number of anilines is 1. The minimum absolute atomic E-state index is 0.0210. The Morgan fingerprint density at radius 1 is 1.63 bits per heavy atom. The fourth-order valence-electron chi connectivity index (χ4n) is 2.19. The van der Waals surface area contributed by atoms with Crippen molar-refractivity contribution in [1.82, 2.24) is 9.88 Å². The number of nitrogens with two attached hydrogens (primary N) is 1. The number of hydrogen-bond acceptors (Lipinski definition) is 4. The zero-order valence-corrected chi connectivity index (χ0v) is 11.8. The van der Waals surface area contributed by atoms with Crippen LogP contribution in [0.15, 0.2) is 12.3 Å². The number of carbonyl (C=O) groups excluding carboxylic acids is 1. The van der Waals surface area contributed by atoms with Crippen molar-refractivity contribution in [3.63, 3.8) is 0 Å². The highest BCUT2D eigenvalue weighted by atomic mass is 35.5. The summed E-state index contributed by atoms with van der Waals surface area (Å²) < 4.78 is 0. The Kier molecular flexibility index (Phi) is 4.61. The second-order valence-corrected chi connectivity index (χ2v) is 5.25. The lowest BCUT2D eigenvalue weighted by Crippen LogP contribution is -2.37. The molecule has 2 rings (SSSR count). The van der Waals surface area contributed by atoms with Crippen molar-refractivity contribution >= 4 is 23.3 Å². The Bertz CT molecular complexity index is 462. The van der Waals surface area contributed by atoms with Crippen molar-refractivity contribution in [2.75, 3.05) is 18.5 Å². The molecule has 1 heterocycles. The molecule has 0 atom stereocenters. The molecule has 1 saturated carbocycles. The first-order chi connectivity index (χ1) is 9.15.